The van der Waals surface area contributed by atoms with Crippen LogP contribution in [-0.2, 0) is 17.6 Å². The number of anilines is 2. The largest absolute Gasteiger partial charge is 0.611 e. The van der Waals surface area contributed by atoms with Gasteiger partial charge < -0.3 is 14.9 Å². The van der Waals surface area contributed by atoms with Gasteiger partial charge in [-0.2, -0.15) is 5.10 Å². The summed E-state index contributed by atoms with van der Waals surface area (Å²) in [4.78, 5) is 16.5. The molecule has 3 aromatic rings. The molecule has 0 radical (unpaired) electrons. The van der Waals surface area contributed by atoms with Crippen molar-refractivity contribution in [2.45, 2.75) is 86.3 Å². The van der Waals surface area contributed by atoms with Gasteiger partial charge in [0.1, 0.15) is 10.1 Å². The molecule has 2 aliphatic carbocycles. The lowest BCUT2D eigenvalue weighted by Crippen LogP contribution is -2.38. The number of fused-ring (bicyclic) bond motifs is 2. The van der Waals surface area contributed by atoms with Gasteiger partial charge >= 0.3 is 0 Å². The molecule has 2 N–H and O–H groups in total. The number of rotatable bonds is 3. The summed E-state index contributed by atoms with van der Waals surface area (Å²) in [6.45, 7) is 0. The highest BCUT2D eigenvalue weighted by Gasteiger charge is 2.50. The third kappa shape index (κ3) is 3.28. The van der Waals surface area contributed by atoms with E-state index in [1.165, 1.54) is 44.1 Å². The van der Waals surface area contributed by atoms with E-state index in [2.05, 4.69) is 21.0 Å². The number of pyridine rings is 1. The molecule has 6 nitrogen and oxygen atoms in total. The van der Waals surface area contributed by atoms with Gasteiger partial charge in [0.25, 0.3) is 5.56 Å². The fraction of sp³-hybridized carbons (Fsp3) is 0.520. The van der Waals surface area contributed by atoms with Crippen LogP contribution in [0.2, 0.25) is 0 Å². The zero-order valence-corrected chi connectivity index (χ0v) is 19.2. The Bertz CT molecular complexity index is 1200. The van der Waals surface area contributed by atoms with Gasteiger partial charge in [-0.15, -0.1) is 0 Å². The summed E-state index contributed by atoms with van der Waals surface area (Å²) in [7, 11) is 0. The molecular weight excluding hydrogens is 420 g/mol. The number of hydrogen-bond donors (Lipinski definition) is 2. The van der Waals surface area contributed by atoms with E-state index in [-0.39, 0.29) is 10.3 Å². The molecule has 1 atom stereocenters. The Morgan fingerprint density at radius 2 is 1.88 bits per heavy atom. The monoisotopic (exact) mass is 450 g/mol. The fourth-order valence-electron chi connectivity index (χ4n) is 6.11. The van der Waals surface area contributed by atoms with Crippen molar-refractivity contribution in [2.75, 3.05) is 5.32 Å². The summed E-state index contributed by atoms with van der Waals surface area (Å²) in [6.07, 6.45) is 14.2. The fourth-order valence-corrected chi connectivity index (χ4v) is 8.08. The Hall–Kier alpha value is -2.25. The highest BCUT2D eigenvalue weighted by atomic mass is 32.2. The molecule has 2 fully saturated rings. The van der Waals surface area contributed by atoms with E-state index in [1.54, 1.807) is 6.20 Å². The van der Waals surface area contributed by atoms with Crippen LogP contribution < -0.4 is 10.9 Å². The summed E-state index contributed by atoms with van der Waals surface area (Å²) in [5.74, 6) is 0.610. The van der Waals surface area contributed by atoms with Gasteiger partial charge in [-0.25, -0.2) is 0 Å². The minimum Gasteiger partial charge on any atom is -0.611 e. The van der Waals surface area contributed by atoms with E-state index in [1.807, 2.05) is 18.2 Å². The number of benzene rings is 1. The Morgan fingerprint density at radius 3 is 2.69 bits per heavy atom. The van der Waals surface area contributed by atoms with Gasteiger partial charge in [0, 0.05) is 23.9 Å². The normalized spacial score (nSPS) is 23.0. The number of aromatic nitrogens is 3. The lowest BCUT2D eigenvalue weighted by atomic mass is 9.84. The van der Waals surface area contributed by atoms with E-state index in [4.69, 9.17) is 5.10 Å². The SMILES string of the molecule is O=c1[nH]ccc2c1c(Nc1ccc3c(c1)CC1(CCCCC1)[S+]3[O-])nn2C1CCCCC1. The third-order valence-electron chi connectivity index (χ3n) is 7.74. The molecule has 7 heteroatoms. The van der Waals surface area contributed by atoms with Gasteiger partial charge in [-0.05, 0) is 74.0 Å². The first-order valence-corrected chi connectivity index (χ1v) is 13.2. The molecule has 6 rings (SSSR count). The molecule has 2 saturated carbocycles. The van der Waals surface area contributed by atoms with Crippen LogP contribution in [0.25, 0.3) is 10.9 Å². The second-order valence-corrected chi connectivity index (χ2v) is 11.6. The summed E-state index contributed by atoms with van der Waals surface area (Å²) < 4.78 is 15.3. The van der Waals surface area contributed by atoms with Crippen molar-refractivity contribution in [1.29, 1.82) is 0 Å². The lowest BCUT2D eigenvalue weighted by molar-refractivity contribution is 0.338. The Balaban J connectivity index is 1.35. The molecule has 2 aromatic heterocycles. The average Bonchev–Trinajstić information content (AvgIpc) is 3.31. The molecule has 1 aliphatic heterocycles. The van der Waals surface area contributed by atoms with Crippen molar-refractivity contribution in [3.63, 3.8) is 0 Å². The highest BCUT2D eigenvalue weighted by molar-refractivity contribution is 7.93. The number of hydrogen-bond acceptors (Lipinski definition) is 4. The van der Waals surface area contributed by atoms with Gasteiger partial charge in [0.15, 0.2) is 10.7 Å². The molecule has 0 saturated heterocycles. The molecule has 32 heavy (non-hydrogen) atoms. The molecule has 3 aliphatic rings. The van der Waals surface area contributed by atoms with Crippen LogP contribution in [-0.4, -0.2) is 24.1 Å². The quantitative estimate of drug-likeness (QED) is 0.528. The maximum Gasteiger partial charge on any atom is 0.261 e. The van der Waals surface area contributed by atoms with Crippen LogP contribution in [0.4, 0.5) is 11.5 Å². The predicted octanol–water partition coefficient (Wildman–Crippen LogP) is 5.34. The molecule has 1 spiro atoms. The first kappa shape index (κ1) is 20.4. The minimum atomic E-state index is -0.925. The van der Waals surface area contributed by atoms with E-state index >= 15 is 0 Å². The number of nitrogens with one attached hydrogen (secondary N) is 2. The maximum atomic E-state index is 13.3. The molecule has 0 bridgehead atoms. The molecular formula is C25H30N4O2S. The van der Waals surface area contributed by atoms with Crippen LogP contribution in [0, 0.1) is 0 Å². The summed E-state index contributed by atoms with van der Waals surface area (Å²) in [5.41, 5.74) is 2.87. The Morgan fingerprint density at radius 1 is 1.09 bits per heavy atom. The lowest BCUT2D eigenvalue weighted by Gasteiger charge is -2.33. The van der Waals surface area contributed by atoms with Crippen LogP contribution in [0.3, 0.4) is 0 Å². The standard InChI is InChI=1S/C25H30N4O2S/c30-24-22-20(11-14-26-24)29(19-7-3-1-4-8-19)28-23(22)27-18-9-10-21-17(15-18)16-25(32(21)31)12-5-2-6-13-25/h9-11,14-15,19H,1-8,12-13,16H2,(H,26,30)(H,27,28). The molecule has 168 valence electrons. The number of H-pyrrole nitrogens is 1. The summed E-state index contributed by atoms with van der Waals surface area (Å²) in [6, 6.07) is 8.43. The van der Waals surface area contributed by atoms with Crippen LogP contribution in [0.5, 0.6) is 0 Å². The highest BCUT2D eigenvalue weighted by Crippen LogP contribution is 2.48. The zero-order chi connectivity index (χ0) is 21.7. The average molecular weight is 451 g/mol. The summed E-state index contributed by atoms with van der Waals surface area (Å²) >= 11 is -0.925. The predicted molar refractivity (Wildman–Crippen MR) is 128 cm³/mol. The van der Waals surface area contributed by atoms with E-state index in [0.717, 1.165) is 48.2 Å². The maximum absolute atomic E-state index is 13.3. The molecule has 1 unspecified atom stereocenters. The Labute approximate surface area is 191 Å². The van der Waals surface area contributed by atoms with Crippen molar-refractivity contribution in [3.05, 3.63) is 46.4 Å². The van der Waals surface area contributed by atoms with Crippen molar-refractivity contribution in [2.24, 2.45) is 0 Å². The van der Waals surface area contributed by atoms with Crippen molar-refractivity contribution < 1.29 is 4.55 Å². The smallest absolute Gasteiger partial charge is 0.261 e. The number of aromatic amines is 1. The second-order valence-electron chi connectivity index (χ2n) is 9.79. The van der Waals surface area contributed by atoms with Crippen molar-refractivity contribution >= 4 is 33.6 Å². The van der Waals surface area contributed by atoms with Gasteiger partial charge in [-0.3, -0.25) is 9.48 Å². The van der Waals surface area contributed by atoms with Crippen molar-refractivity contribution in [1.82, 2.24) is 14.8 Å². The van der Waals surface area contributed by atoms with E-state index in [9.17, 15) is 9.35 Å². The van der Waals surface area contributed by atoms with Crippen LogP contribution in [0.1, 0.15) is 75.8 Å². The van der Waals surface area contributed by atoms with E-state index < -0.39 is 11.2 Å². The summed E-state index contributed by atoms with van der Waals surface area (Å²) in [5, 5.41) is 8.94. The molecule has 0 amide bonds. The third-order valence-corrected chi connectivity index (χ3v) is 9.88. The topological polar surface area (TPSA) is 85.8 Å². The van der Waals surface area contributed by atoms with Crippen LogP contribution >= 0.6 is 0 Å². The van der Waals surface area contributed by atoms with Crippen molar-refractivity contribution in [3.8, 4) is 0 Å². The van der Waals surface area contributed by atoms with Gasteiger partial charge in [0.05, 0.1) is 11.6 Å². The van der Waals surface area contributed by atoms with Gasteiger partial charge in [0.2, 0.25) is 0 Å². The molecule has 1 aromatic carbocycles. The minimum absolute atomic E-state index is 0.0639. The second kappa shape index (κ2) is 7.96. The van der Waals surface area contributed by atoms with E-state index in [0.29, 0.717) is 17.2 Å². The Kier molecular flexibility index (Phi) is 5.06. The number of nitrogens with zero attached hydrogens (tertiary/aromatic N) is 2. The zero-order valence-electron chi connectivity index (χ0n) is 18.4. The first-order valence-electron chi connectivity index (χ1n) is 12.1. The first-order chi connectivity index (χ1) is 15.6. The van der Waals surface area contributed by atoms with Gasteiger partial charge in [-0.1, -0.05) is 25.7 Å². The van der Waals surface area contributed by atoms with Crippen LogP contribution in [0.15, 0.2) is 40.2 Å². The molecule has 3 heterocycles.